The summed E-state index contributed by atoms with van der Waals surface area (Å²) in [6, 6.07) is 8.25. The van der Waals surface area contributed by atoms with Crippen LogP contribution in [0.2, 0.25) is 5.02 Å². The van der Waals surface area contributed by atoms with Crippen LogP contribution in [0.15, 0.2) is 36.4 Å². The third kappa shape index (κ3) is 2.21. The first-order chi connectivity index (χ1) is 9.54. The van der Waals surface area contributed by atoms with Crippen LogP contribution in [0.5, 0.6) is 11.5 Å². The van der Waals surface area contributed by atoms with Crippen LogP contribution in [0.3, 0.4) is 0 Å². The van der Waals surface area contributed by atoms with E-state index in [2.05, 4.69) is 5.32 Å². The van der Waals surface area contributed by atoms with Gasteiger partial charge in [0.2, 0.25) is 5.91 Å². The molecule has 1 unspecified atom stereocenters. The van der Waals surface area contributed by atoms with Crippen molar-refractivity contribution in [3.05, 3.63) is 52.8 Å². The van der Waals surface area contributed by atoms with E-state index in [4.69, 9.17) is 22.1 Å². The molecule has 6 heteroatoms. The average molecular weight is 293 g/mol. The highest BCUT2D eigenvalue weighted by molar-refractivity contribution is 6.32. The van der Waals surface area contributed by atoms with Crippen LogP contribution in [-0.2, 0) is 4.79 Å². The molecule has 2 aromatic rings. The summed E-state index contributed by atoms with van der Waals surface area (Å²) in [6.07, 6.45) is 0. The second kappa shape index (κ2) is 4.77. The van der Waals surface area contributed by atoms with Crippen molar-refractivity contribution >= 4 is 23.2 Å². The number of benzene rings is 2. The van der Waals surface area contributed by atoms with E-state index in [1.807, 2.05) is 0 Å². The van der Waals surface area contributed by atoms with Gasteiger partial charge in [0.05, 0.1) is 5.02 Å². The van der Waals surface area contributed by atoms with Crippen LogP contribution in [0.4, 0.5) is 10.1 Å². The summed E-state index contributed by atoms with van der Waals surface area (Å²) in [7, 11) is 0. The molecule has 1 atom stereocenters. The molecule has 1 aliphatic heterocycles. The number of carbonyl (C=O) groups is 1. The molecule has 102 valence electrons. The molecule has 0 aliphatic carbocycles. The van der Waals surface area contributed by atoms with Gasteiger partial charge in [0.25, 0.3) is 0 Å². The highest BCUT2D eigenvalue weighted by Crippen LogP contribution is 2.35. The molecular formula is C14H10ClFN2O2. The van der Waals surface area contributed by atoms with Crippen molar-refractivity contribution in [2.75, 3.05) is 5.32 Å². The Labute approximate surface area is 119 Å². The molecule has 2 aromatic carbocycles. The predicted octanol–water partition coefficient (Wildman–Crippen LogP) is 3.22. The zero-order valence-electron chi connectivity index (χ0n) is 10.2. The number of rotatable bonds is 2. The zero-order valence-corrected chi connectivity index (χ0v) is 10.9. The molecule has 0 fully saturated rings. The summed E-state index contributed by atoms with van der Waals surface area (Å²) in [4.78, 5) is 11.5. The van der Waals surface area contributed by atoms with Gasteiger partial charge in [0, 0.05) is 17.3 Å². The van der Waals surface area contributed by atoms with E-state index in [0.29, 0.717) is 22.7 Å². The smallest absolute Gasteiger partial charge is 0.245 e. The topological polar surface area (TPSA) is 64.4 Å². The fourth-order valence-electron chi connectivity index (χ4n) is 2.01. The summed E-state index contributed by atoms with van der Waals surface area (Å²) in [5.41, 5.74) is 7.04. The molecule has 1 amide bonds. The molecule has 1 aliphatic rings. The molecule has 0 bridgehead atoms. The Bertz CT molecular complexity index is 706. The maximum Gasteiger partial charge on any atom is 0.245 e. The summed E-state index contributed by atoms with van der Waals surface area (Å²) < 4.78 is 18.5. The first-order valence-corrected chi connectivity index (χ1v) is 6.26. The second-order valence-corrected chi connectivity index (χ2v) is 4.80. The van der Waals surface area contributed by atoms with Crippen molar-refractivity contribution in [2.45, 2.75) is 6.04 Å². The minimum atomic E-state index is -0.659. The molecule has 1 heterocycles. The van der Waals surface area contributed by atoms with Gasteiger partial charge in [0.1, 0.15) is 23.4 Å². The van der Waals surface area contributed by atoms with Crippen molar-refractivity contribution in [3.8, 4) is 11.5 Å². The van der Waals surface area contributed by atoms with E-state index in [1.54, 1.807) is 18.2 Å². The molecule has 0 aromatic heterocycles. The predicted molar refractivity (Wildman–Crippen MR) is 73.5 cm³/mol. The monoisotopic (exact) mass is 292 g/mol. The number of nitrogens with one attached hydrogen (secondary N) is 1. The molecule has 3 N–H and O–H groups in total. The van der Waals surface area contributed by atoms with Crippen molar-refractivity contribution in [3.63, 3.8) is 0 Å². The lowest BCUT2D eigenvalue weighted by Crippen LogP contribution is -2.19. The molecule has 20 heavy (non-hydrogen) atoms. The third-order valence-corrected chi connectivity index (χ3v) is 3.32. The van der Waals surface area contributed by atoms with Gasteiger partial charge in [-0.1, -0.05) is 17.7 Å². The molecule has 0 saturated carbocycles. The van der Waals surface area contributed by atoms with E-state index in [9.17, 15) is 9.18 Å². The van der Waals surface area contributed by atoms with E-state index in [0.717, 1.165) is 0 Å². The fraction of sp³-hybridized carbons (Fsp3) is 0.0714. The van der Waals surface area contributed by atoms with Crippen molar-refractivity contribution in [2.24, 2.45) is 5.73 Å². The Hall–Kier alpha value is -2.11. The molecule has 4 nitrogen and oxygen atoms in total. The van der Waals surface area contributed by atoms with Gasteiger partial charge in [-0.3, -0.25) is 4.79 Å². The first-order valence-electron chi connectivity index (χ1n) is 5.88. The standard InChI is InChI=1S/C14H10ClFN2O2/c15-10-5-7(16)1-4-12(10)20-8-2-3-9-11(6-8)18-14(19)13(9)17/h1-6,13H,17H2,(H,18,19). The lowest BCUT2D eigenvalue weighted by Gasteiger charge is -2.09. The van der Waals surface area contributed by atoms with E-state index < -0.39 is 11.9 Å². The fourth-order valence-corrected chi connectivity index (χ4v) is 2.22. The third-order valence-electron chi connectivity index (χ3n) is 3.02. The number of hydrogen-bond acceptors (Lipinski definition) is 3. The summed E-state index contributed by atoms with van der Waals surface area (Å²) in [5, 5.41) is 2.83. The Morgan fingerprint density at radius 3 is 2.80 bits per heavy atom. The first kappa shape index (κ1) is 12.9. The normalized spacial score (nSPS) is 16.8. The SMILES string of the molecule is NC1C(=O)Nc2cc(Oc3ccc(F)cc3Cl)ccc21. The van der Waals surface area contributed by atoms with Gasteiger partial charge in [0.15, 0.2) is 0 Å². The molecule has 0 spiro atoms. The van der Waals surface area contributed by atoms with Gasteiger partial charge in [-0.15, -0.1) is 0 Å². The van der Waals surface area contributed by atoms with Crippen LogP contribution in [0, 0.1) is 5.82 Å². The Balaban J connectivity index is 1.90. The van der Waals surface area contributed by atoms with Crippen LogP contribution >= 0.6 is 11.6 Å². The zero-order chi connectivity index (χ0) is 14.3. The number of nitrogens with two attached hydrogens (primary N) is 1. The summed E-state index contributed by atoms with van der Waals surface area (Å²) in [5.74, 6) is 0.125. The minimum Gasteiger partial charge on any atom is -0.456 e. The minimum absolute atomic E-state index is 0.172. The number of carbonyl (C=O) groups excluding carboxylic acids is 1. The largest absolute Gasteiger partial charge is 0.456 e. The lowest BCUT2D eigenvalue weighted by atomic mass is 10.1. The van der Waals surface area contributed by atoms with E-state index in [-0.39, 0.29) is 10.9 Å². The Morgan fingerprint density at radius 1 is 1.25 bits per heavy atom. The summed E-state index contributed by atoms with van der Waals surface area (Å²) in [6.45, 7) is 0. The summed E-state index contributed by atoms with van der Waals surface area (Å²) >= 11 is 5.89. The molecule has 0 radical (unpaired) electrons. The number of halogens is 2. The Morgan fingerprint density at radius 2 is 2.05 bits per heavy atom. The van der Waals surface area contributed by atoms with E-state index >= 15 is 0 Å². The van der Waals surface area contributed by atoms with E-state index in [1.165, 1.54) is 18.2 Å². The van der Waals surface area contributed by atoms with Crippen LogP contribution in [-0.4, -0.2) is 5.91 Å². The quantitative estimate of drug-likeness (QED) is 0.893. The van der Waals surface area contributed by atoms with Crippen molar-refractivity contribution in [1.29, 1.82) is 0 Å². The van der Waals surface area contributed by atoms with Gasteiger partial charge >= 0.3 is 0 Å². The number of hydrogen-bond donors (Lipinski definition) is 2. The molecular weight excluding hydrogens is 283 g/mol. The molecule has 3 rings (SSSR count). The Kier molecular flexibility index (Phi) is 3.08. The second-order valence-electron chi connectivity index (χ2n) is 4.39. The van der Waals surface area contributed by atoms with Crippen LogP contribution in [0.1, 0.15) is 11.6 Å². The molecule has 0 saturated heterocycles. The number of fused-ring (bicyclic) bond motifs is 1. The van der Waals surface area contributed by atoms with Gasteiger partial charge in [-0.2, -0.15) is 0 Å². The highest BCUT2D eigenvalue weighted by atomic mass is 35.5. The lowest BCUT2D eigenvalue weighted by molar-refractivity contribution is -0.116. The highest BCUT2D eigenvalue weighted by Gasteiger charge is 2.27. The number of amides is 1. The van der Waals surface area contributed by atoms with Gasteiger partial charge < -0.3 is 15.8 Å². The van der Waals surface area contributed by atoms with Crippen molar-refractivity contribution in [1.82, 2.24) is 0 Å². The van der Waals surface area contributed by atoms with Gasteiger partial charge in [-0.05, 0) is 24.3 Å². The number of anilines is 1. The van der Waals surface area contributed by atoms with Crippen LogP contribution < -0.4 is 15.8 Å². The van der Waals surface area contributed by atoms with Crippen LogP contribution in [0.25, 0.3) is 0 Å². The van der Waals surface area contributed by atoms with Gasteiger partial charge in [-0.25, -0.2) is 4.39 Å². The van der Waals surface area contributed by atoms with Crippen molar-refractivity contribution < 1.29 is 13.9 Å². The maximum absolute atomic E-state index is 13.0. The average Bonchev–Trinajstić information content (AvgIpc) is 2.68. The number of ether oxygens (including phenoxy) is 1. The maximum atomic E-state index is 13.0.